The lowest BCUT2D eigenvalue weighted by atomic mass is 9.96. The van der Waals surface area contributed by atoms with Gasteiger partial charge in [-0.2, -0.15) is 0 Å². The number of aryl methyl sites for hydroxylation is 1. The molecule has 98 valence electrons. The minimum atomic E-state index is -0.275. The van der Waals surface area contributed by atoms with Crippen molar-refractivity contribution in [2.45, 2.75) is 45.1 Å². The van der Waals surface area contributed by atoms with Crippen molar-refractivity contribution in [1.82, 2.24) is 5.43 Å². The van der Waals surface area contributed by atoms with E-state index in [0.29, 0.717) is 11.4 Å². The van der Waals surface area contributed by atoms with E-state index in [0.717, 1.165) is 18.4 Å². The fourth-order valence-corrected chi connectivity index (χ4v) is 2.39. The van der Waals surface area contributed by atoms with Crippen LogP contribution in [0.2, 0.25) is 0 Å². The van der Waals surface area contributed by atoms with Gasteiger partial charge in [0.15, 0.2) is 0 Å². The Hall–Kier alpha value is -1.42. The van der Waals surface area contributed by atoms with Gasteiger partial charge in [0.25, 0.3) is 0 Å². The normalized spacial score (nSPS) is 17.8. The average molecular weight is 249 g/mol. The molecule has 0 atom stereocenters. The van der Waals surface area contributed by atoms with Crippen molar-refractivity contribution in [3.8, 4) is 0 Å². The Balaban J connectivity index is 2.23. The Morgan fingerprint density at radius 2 is 2.06 bits per heavy atom. The van der Waals surface area contributed by atoms with Crippen molar-refractivity contribution in [2.75, 3.05) is 0 Å². The third kappa shape index (κ3) is 3.07. The van der Waals surface area contributed by atoms with Crippen molar-refractivity contribution >= 4 is 5.84 Å². The van der Waals surface area contributed by atoms with Gasteiger partial charge in [-0.25, -0.2) is 10.2 Å². The Morgan fingerprint density at radius 3 is 2.67 bits per heavy atom. The molecule has 3 nitrogen and oxygen atoms in total. The molecule has 0 aromatic heterocycles. The molecule has 0 saturated heterocycles. The van der Waals surface area contributed by atoms with Gasteiger partial charge >= 0.3 is 0 Å². The van der Waals surface area contributed by atoms with E-state index in [1.165, 1.54) is 25.3 Å². The van der Waals surface area contributed by atoms with Crippen molar-refractivity contribution in [2.24, 2.45) is 10.8 Å². The number of hydrogen-bond acceptors (Lipinski definition) is 2. The molecule has 0 radical (unpaired) electrons. The first-order valence-corrected chi connectivity index (χ1v) is 6.51. The maximum absolute atomic E-state index is 13.9. The molecule has 1 aliphatic rings. The zero-order chi connectivity index (χ0) is 13.0. The number of nitrogens with zero attached hydrogens (tertiary/aromatic N) is 1. The molecule has 2 rings (SSSR count). The largest absolute Gasteiger partial charge is 0.308 e. The number of hydrogen-bond donors (Lipinski definition) is 2. The zero-order valence-corrected chi connectivity index (χ0v) is 10.7. The highest BCUT2D eigenvalue weighted by Crippen LogP contribution is 2.21. The average Bonchev–Trinajstić information content (AvgIpc) is 2.38. The van der Waals surface area contributed by atoms with Crippen LogP contribution in [0, 0.1) is 12.7 Å². The summed E-state index contributed by atoms with van der Waals surface area (Å²) in [5.74, 6) is 5.66. The van der Waals surface area contributed by atoms with Crippen LogP contribution in [-0.2, 0) is 0 Å². The van der Waals surface area contributed by atoms with Crippen LogP contribution >= 0.6 is 0 Å². The highest BCUT2D eigenvalue weighted by atomic mass is 19.1. The molecule has 1 fully saturated rings. The Bertz CT molecular complexity index is 437. The minimum Gasteiger partial charge on any atom is -0.308 e. The van der Waals surface area contributed by atoms with E-state index in [9.17, 15) is 4.39 Å². The quantitative estimate of drug-likeness (QED) is 0.366. The van der Waals surface area contributed by atoms with Crippen molar-refractivity contribution in [3.05, 3.63) is 35.1 Å². The van der Waals surface area contributed by atoms with Gasteiger partial charge in [-0.3, -0.25) is 4.99 Å². The Labute approximate surface area is 107 Å². The molecule has 1 aliphatic carbocycles. The van der Waals surface area contributed by atoms with Gasteiger partial charge in [0.05, 0.1) is 11.6 Å². The van der Waals surface area contributed by atoms with Crippen LogP contribution < -0.4 is 11.3 Å². The van der Waals surface area contributed by atoms with E-state index < -0.39 is 0 Å². The summed E-state index contributed by atoms with van der Waals surface area (Å²) in [7, 11) is 0. The third-order valence-corrected chi connectivity index (χ3v) is 3.40. The minimum absolute atomic E-state index is 0.269. The molecular weight excluding hydrogens is 229 g/mol. The standard InChI is InChI=1S/C14H20FN3/c1-10-7-8-12(13(15)9-10)14(18-16)17-11-5-3-2-4-6-11/h7-9,11H,2-6,16H2,1H3,(H,17,18). The topological polar surface area (TPSA) is 50.4 Å². The SMILES string of the molecule is Cc1ccc(C(=NC2CCCCC2)NN)c(F)c1. The first-order chi connectivity index (χ1) is 8.70. The maximum atomic E-state index is 13.9. The van der Waals surface area contributed by atoms with Crippen molar-refractivity contribution < 1.29 is 4.39 Å². The van der Waals surface area contributed by atoms with Gasteiger partial charge in [0, 0.05) is 0 Å². The summed E-state index contributed by atoms with van der Waals surface area (Å²) < 4.78 is 13.9. The number of nitrogens with one attached hydrogen (secondary N) is 1. The Kier molecular flexibility index (Phi) is 4.31. The van der Waals surface area contributed by atoms with Crippen LogP contribution in [0.5, 0.6) is 0 Å². The van der Waals surface area contributed by atoms with Crippen LogP contribution in [0.25, 0.3) is 0 Å². The van der Waals surface area contributed by atoms with Crippen molar-refractivity contribution in [3.63, 3.8) is 0 Å². The van der Waals surface area contributed by atoms with Crippen LogP contribution in [0.3, 0.4) is 0 Å². The van der Waals surface area contributed by atoms with E-state index in [2.05, 4.69) is 10.4 Å². The number of amidine groups is 1. The van der Waals surface area contributed by atoms with Gasteiger partial charge < -0.3 is 5.43 Å². The van der Waals surface area contributed by atoms with E-state index in [-0.39, 0.29) is 11.9 Å². The second-order valence-electron chi connectivity index (χ2n) is 4.90. The highest BCUT2D eigenvalue weighted by molar-refractivity contribution is 5.98. The molecule has 4 heteroatoms. The Morgan fingerprint density at radius 1 is 1.33 bits per heavy atom. The summed E-state index contributed by atoms with van der Waals surface area (Å²) in [5, 5.41) is 0. The molecule has 1 aromatic carbocycles. The summed E-state index contributed by atoms with van der Waals surface area (Å²) in [6.07, 6.45) is 5.80. The summed E-state index contributed by atoms with van der Waals surface area (Å²) in [6.45, 7) is 1.86. The molecule has 18 heavy (non-hydrogen) atoms. The third-order valence-electron chi connectivity index (χ3n) is 3.40. The highest BCUT2D eigenvalue weighted by Gasteiger charge is 2.15. The fraction of sp³-hybridized carbons (Fsp3) is 0.500. The van der Waals surface area contributed by atoms with Gasteiger partial charge in [0.2, 0.25) is 0 Å². The molecule has 1 saturated carbocycles. The fourth-order valence-electron chi connectivity index (χ4n) is 2.39. The van der Waals surface area contributed by atoms with Crippen molar-refractivity contribution in [1.29, 1.82) is 0 Å². The number of aliphatic imine (C=N–C) groups is 1. The summed E-state index contributed by atoms with van der Waals surface area (Å²) in [6, 6.07) is 5.37. The van der Waals surface area contributed by atoms with Crippen LogP contribution in [0.1, 0.15) is 43.2 Å². The van der Waals surface area contributed by atoms with Crippen LogP contribution in [-0.4, -0.2) is 11.9 Å². The monoisotopic (exact) mass is 249 g/mol. The number of benzene rings is 1. The first kappa shape index (κ1) is 13.0. The second-order valence-corrected chi connectivity index (χ2v) is 4.90. The lowest BCUT2D eigenvalue weighted by molar-refractivity contribution is 0.442. The van der Waals surface area contributed by atoms with E-state index in [1.54, 1.807) is 6.07 Å². The smallest absolute Gasteiger partial charge is 0.145 e. The van der Waals surface area contributed by atoms with Gasteiger partial charge in [0.1, 0.15) is 11.7 Å². The predicted molar refractivity (Wildman–Crippen MR) is 71.9 cm³/mol. The molecule has 0 bridgehead atoms. The predicted octanol–water partition coefficient (Wildman–Crippen LogP) is 2.68. The zero-order valence-electron chi connectivity index (χ0n) is 10.7. The second kappa shape index (κ2) is 5.96. The molecule has 3 N–H and O–H groups in total. The lowest BCUT2D eigenvalue weighted by Crippen LogP contribution is -2.33. The van der Waals surface area contributed by atoms with E-state index in [4.69, 9.17) is 5.84 Å². The van der Waals surface area contributed by atoms with E-state index >= 15 is 0 Å². The number of halogens is 1. The first-order valence-electron chi connectivity index (χ1n) is 6.51. The molecule has 0 heterocycles. The van der Waals surface area contributed by atoms with Gasteiger partial charge in [-0.1, -0.05) is 25.3 Å². The molecule has 0 amide bonds. The van der Waals surface area contributed by atoms with Gasteiger partial charge in [-0.05, 0) is 37.5 Å². The molecule has 0 aliphatic heterocycles. The van der Waals surface area contributed by atoms with Crippen LogP contribution in [0.15, 0.2) is 23.2 Å². The lowest BCUT2D eigenvalue weighted by Gasteiger charge is -2.19. The summed E-state index contributed by atoms with van der Waals surface area (Å²) >= 11 is 0. The number of hydrazine groups is 1. The summed E-state index contributed by atoms with van der Waals surface area (Å²) in [5.41, 5.74) is 3.88. The number of nitrogens with two attached hydrogens (primary N) is 1. The molecule has 1 aromatic rings. The molecule has 0 unspecified atom stereocenters. The van der Waals surface area contributed by atoms with Crippen LogP contribution in [0.4, 0.5) is 4.39 Å². The van der Waals surface area contributed by atoms with E-state index in [1.807, 2.05) is 13.0 Å². The summed E-state index contributed by atoms with van der Waals surface area (Å²) in [4.78, 5) is 4.56. The number of rotatable bonds is 2. The maximum Gasteiger partial charge on any atom is 0.145 e. The molecular formula is C14H20FN3. The molecule has 0 spiro atoms. The van der Waals surface area contributed by atoms with Gasteiger partial charge in [-0.15, -0.1) is 0 Å².